The van der Waals surface area contributed by atoms with Gasteiger partial charge in [-0.3, -0.25) is 4.57 Å². The van der Waals surface area contributed by atoms with Gasteiger partial charge in [-0.2, -0.15) is 0 Å². The molecule has 12 heavy (non-hydrogen) atoms. The maximum atomic E-state index is 11.7. The van der Waals surface area contributed by atoms with Crippen molar-refractivity contribution in [1.82, 2.24) is 0 Å². The smallest absolute Gasteiger partial charge is 0.227 e. The van der Waals surface area contributed by atoms with Gasteiger partial charge in [0, 0.05) is 12.0 Å². The van der Waals surface area contributed by atoms with E-state index in [1.54, 1.807) is 0 Å². The molecule has 0 saturated heterocycles. The summed E-state index contributed by atoms with van der Waals surface area (Å²) >= 11 is 0. The number of hydrogen-bond acceptors (Lipinski definition) is 3. The molecule has 0 spiro atoms. The van der Waals surface area contributed by atoms with Crippen molar-refractivity contribution >= 4 is 7.37 Å². The summed E-state index contributed by atoms with van der Waals surface area (Å²) in [6, 6.07) is 0. The Morgan fingerprint density at radius 2 is 1.92 bits per heavy atom. The summed E-state index contributed by atoms with van der Waals surface area (Å²) in [6.07, 6.45) is 1.98. The molecule has 0 aliphatic heterocycles. The lowest BCUT2D eigenvalue weighted by Gasteiger charge is -2.10. The van der Waals surface area contributed by atoms with E-state index in [2.05, 4.69) is 0 Å². The van der Waals surface area contributed by atoms with Crippen molar-refractivity contribution in [3.05, 3.63) is 12.1 Å². The highest BCUT2D eigenvalue weighted by atomic mass is 31.2. The fraction of sp³-hybridized carbons (Fsp3) is 0.750. The van der Waals surface area contributed by atoms with Crippen LogP contribution in [-0.4, -0.2) is 19.4 Å². The van der Waals surface area contributed by atoms with Crippen LogP contribution in [0.2, 0.25) is 0 Å². The van der Waals surface area contributed by atoms with Gasteiger partial charge in [0.25, 0.3) is 0 Å². The Hall–Kier alpha value is -0.270. The maximum Gasteiger partial charge on any atom is 0.227 e. The molecule has 0 rings (SSSR count). The molecule has 0 amide bonds. The van der Waals surface area contributed by atoms with E-state index in [1.807, 2.05) is 20.8 Å². The monoisotopic (exact) mass is 192 g/mol. The molecule has 3 nitrogen and oxygen atoms in total. The molecule has 1 unspecified atom stereocenters. The van der Waals surface area contributed by atoms with Crippen molar-refractivity contribution in [2.75, 3.05) is 19.4 Å². The maximum absolute atomic E-state index is 11.7. The van der Waals surface area contributed by atoms with Gasteiger partial charge in [-0.1, -0.05) is 6.92 Å². The molecule has 0 aromatic carbocycles. The standard InChI is InChI=1S/C8H17O3P/c1-4-10-7-8-12(9,6-3)11-5-2/h7-8H,4-6H2,1-3H3. The van der Waals surface area contributed by atoms with Gasteiger partial charge in [-0.05, 0) is 13.8 Å². The van der Waals surface area contributed by atoms with E-state index in [1.165, 1.54) is 12.1 Å². The normalized spacial score (nSPS) is 16.2. The minimum absolute atomic E-state index is 0.474. The zero-order valence-electron chi connectivity index (χ0n) is 7.95. The molecular formula is C8H17O3P. The molecule has 1 atom stereocenters. The summed E-state index contributed by atoms with van der Waals surface area (Å²) in [7, 11) is -2.54. The van der Waals surface area contributed by atoms with E-state index in [9.17, 15) is 4.57 Å². The first kappa shape index (κ1) is 11.7. The van der Waals surface area contributed by atoms with Gasteiger partial charge in [0.1, 0.15) is 0 Å². The zero-order chi connectivity index (χ0) is 9.45. The molecule has 0 heterocycles. The third kappa shape index (κ3) is 4.58. The van der Waals surface area contributed by atoms with Crippen LogP contribution in [0.3, 0.4) is 0 Å². The van der Waals surface area contributed by atoms with Crippen LogP contribution in [-0.2, 0) is 13.8 Å². The van der Waals surface area contributed by atoms with E-state index in [0.717, 1.165) is 0 Å². The minimum Gasteiger partial charge on any atom is -0.501 e. The van der Waals surface area contributed by atoms with Crippen molar-refractivity contribution in [2.24, 2.45) is 0 Å². The van der Waals surface area contributed by atoms with Crippen molar-refractivity contribution in [3.8, 4) is 0 Å². The third-order valence-corrected chi connectivity index (χ3v) is 3.49. The molecule has 0 aliphatic carbocycles. The predicted octanol–water partition coefficient (Wildman–Crippen LogP) is 2.83. The fourth-order valence-corrected chi connectivity index (χ4v) is 1.88. The minimum atomic E-state index is -2.54. The lowest BCUT2D eigenvalue weighted by molar-refractivity contribution is 0.268. The second-order valence-corrected chi connectivity index (χ2v) is 4.84. The van der Waals surface area contributed by atoms with Crippen LogP contribution in [0.1, 0.15) is 20.8 Å². The van der Waals surface area contributed by atoms with Crippen molar-refractivity contribution < 1.29 is 13.8 Å². The Bertz CT molecular complexity index is 177. The molecule has 0 aliphatic rings. The lowest BCUT2D eigenvalue weighted by Crippen LogP contribution is -1.89. The number of ether oxygens (including phenoxy) is 1. The second kappa shape index (κ2) is 6.27. The van der Waals surface area contributed by atoms with Gasteiger partial charge in [0.2, 0.25) is 7.37 Å². The lowest BCUT2D eigenvalue weighted by atomic mass is 10.9. The van der Waals surface area contributed by atoms with Crippen LogP contribution >= 0.6 is 7.37 Å². The third-order valence-electron chi connectivity index (χ3n) is 1.34. The SMILES string of the molecule is CCOC=CP(=O)(CC)OCC. The van der Waals surface area contributed by atoms with Gasteiger partial charge < -0.3 is 9.26 Å². The predicted molar refractivity (Wildman–Crippen MR) is 50.5 cm³/mol. The summed E-state index contributed by atoms with van der Waals surface area (Å²) < 4.78 is 21.7. The molecule has 4 heteroatoms. The highest BCUT2D eigenvalue weighted by Crippen LogP contribution is 2.47. The van der Waals surface area contributed by atoms with E-state index in [-0.39, 0.29) is 0 Å². The Morgan fingerprint density at radius 3 is 2.33 bits per heavy atom. The average Bonchev–Trinajstić information content (AvgIpc) is 2.06. The molecule has 0 bridgehead atoms. The highest BCUT2D eigenvalue weighted by Gasteiger charge is 2.14. The van der Waals surface area contributed by atoms with Gasteiger partial charge >= 0.3 is 0 Å². The Kier molecular flexibility index (Phi) is 6.13. The number of hydrogen-bond donors (Lipinski definition) is 0. The van der Waals surface area contributed by atoms with Gasteiger partial charge in [-0.15, -0.1) is 0 Å². The summed E-state index contributed by atoms with van der Waals surface area (Å²) in [6.45, 7) is 6.61. The van der Waals surface area contributed by atoms with Gasteiger partial charge in [0.05, 0.1) is 19.5 Å². The number of rotatable bonds is 6. The van der Waals surface area contributed by atoms with Crippen LogP contribution in [0.25, 0.3) is 0 Å². The summed E-state index contributed by atoms with van der Waals surface area (Å²) in [5.41, 5.74) is 0. The van der Waals surface area contributed by atoms with Crippen molar-refractivity contribution in [1.29, 1.82) is 0 Å². The molecule has 0 saturated carbocycles. The Balaban J connectivity index is 4.04. The van der Waals surface area contributed by atoms with Crippen LogP contribution in [0.5, 0.6) is 0 Å². The Morgan fingerprint density at radius 1 is 1.25 bits per heavy atom. The highest BCUT2D eigenvalue weighted by molar-refractivity contribution is 7.62. The zero-order valence-corrected chi connectivity index (χ0v) is 8.84. The first-order chi connectivity index (χ1) is 5.68. The molecule has 72 valence electrons. The molecule has 0 aromatic rings. The summed E-state index contributed by atoms with van der Waals surface area (Å²) in [5, 5.41) is 0. The van der Waals surface area contributed by atoms with Crippen LogP contribution in [0, 0.1) is 0 Å². The summed E-state index contributed by atoms with van der Waals surface area (Å²) in [5.74, 6) is 1.53. The Labute approximate surface area is 74.2 Å². The summed E-state index contributed by atoms with van der Waals surface area (Å²) in [4.78, 5) is 0. The van der Waals surface area contributed by atoms with Gasteiger partial charge in [0.15, 0.2) is 0 Å². The van der Waals surface area contributed by atoms with E-state index in [0.29, 0.717) is 19.4 Å². The quantitative estimate of drug-likeness (QED) is 0.479. The first-order valence-corrected chi connectivity index (χ1v) is 6.09. The second-order valence-electron chi connectivity index (χ2n) is 2.20. The molecule has 0 N–H and O–H groups in total. The van der Waals surface area contributed by atoms with Crippen molar-refractivity contribution in [3.63, 3.8) is 0 Å². The fourth-order valence-electron chi connectivity index (χ4n) is 0.690. The van der Waals surface area contributed by atoms with Crippen LogP contribution < -0.4 is 0 Å². The van der Waals surface area contributed by atoms with Crippen LogP contribution in [0.4, 0.5) is 0 Å². The van der Waals surface area contributed by atoms with E-state index >= 15 is 0 Å². The molecule has 0 fully saturated rings. The van der Waals surface area contributed by atoms with Crippen molar-refractivity contribution in [2.45, 2.75) is 20.8 Å². The van der Waals surface area contributed by atoms with E-state index < -0.39 is 7.37 Å². The van der Waals surface area contributed by atoms with Gasteiger partial charge in [-0.25, -0.2) is 0 Å². The first-order valence-electron chi connectivity index (χ1n) is 4.21. The molecule has 0 radical (unpaired) electrons. The largest absolute Gasteiger partial charge is 0.501 e. The molecule has 0 aromatic heterocycles. The topological polar surface area (TPSA) is 35.5 Å². The molecular weight excluding hydrogens is 175 g/mol. The average molecular weight is 192 g/mol. The van der Waals surface area contributed by atoms with E-state index in [4.69, 9.17) is 9.26 Å². The van der Waals surface area contributed by atoms with Crippen LogP contribution in [0.15, 0.2) is 12.1 Å².